The van der Waals surface area contributed by atoms with Crippen LogP contribution in [0, 0.1) is 10.1 Å². The molecule has 1 amide bonds. The van der Waals surface area contributed by atoms with Crippen molar-refractivity contribution >= 4 is 39.9 Å². The van der Waals surface area contributed by atoms with Crippen LogP contribution < -0.4 is 5.32 Å². The zero-order valence-electron chi connectivity index (χ0n) is 19.0. The molecule has 0 radical (unpaired) electrons. The van der Waals surface area contributed by atoms with Gasteiger partial charge in [0, 0.05) is 41.3 Å². The second-order valence-corrected chi connectivity index (χ2v) is 7.88. The van der Waals surface area contributed by atoms with Gasteiger partial charge in [-0.05, 0) is 24.3 Å². The van der Waals surface area contributed by atoms with Crippen molar-refractivity contribution in [2.24, 2.45) is 0 Å². The number of nitrogens with zero attached hydrogens (tertiary/aromatic N) is 2. The third-order valence-electron chi connectivity index (χ3n) is 5.42. The second kappa shape index (κ2) is 11.0. The van der Waals surface area contributed by atoms with Crippen LogP contribution in [0.25, 0.3) is 10.9 Å². The van der Waals surface area contributed by atoms with Crippen LogP contribution in [-0.4, -0.2) is 27.6 Å². The summed E-state index contributed by atoms with van der Waals surface area (Å²) in [6.45, 7) is 0. The Balaban J connectivity index is 1.45. The normalized spacial score (nSPS) is 11.4. The van der Waals surface area contributed by atoms with E-state index in [1.54, 1.807) is 54.7 Å². The molecule has 4 rings (SSSR count). The molecule has 0 saturated carbocycles. The third kappa shape index (κ3) is 5.76. The van der Waals surface area contributed by atoms with E-state index >= 15 is 0 Å². The third-order valence-corrected chi connectivity index (χ3v) is 5.42. The summed E-state index contributed by atoms with van der Waals surface area (Å²) in [6, 6.07) is 22.5. The largest absolute Gasteiger partial charge is 0.449 e. The Hall–Kier alpha value is -4.92. The molecule has 0 saturated heterocycles. The minimum absolute atomic E-state index is 0.157. The Kier molecular flexibility index (Phi) is 7.40. The first kappa shape index (κ1) is 24.2. The number of para-hydroxylation sites is 1. The molecule has 36 heavy (non-hydrogen) atoms. The van der Waals surface area contributed by atoms with Crippen LogP contribution in [0.5, 0.6) is 0 Å². The number of ketones is 1. The molecule has 1 atom stereocenters. The maximum Gasteiger partial charge on any atom is 0.307 e. The summed E-state index contributed by atoms with van der Waals surface area (Å²) in [5.74, 6) is -1.65. The molecule has 3 aromatic carbocycles. The minimum atomic E-state index is -1.31. The topological polar surface area (TPSA) is 128 Å². The fourth-order valence-electron chi connectivity index (χ4n) is 3.62. The number of anilines is 1. The molecular formula is C27H21N3O6. The number of nitro benzene ring substituents is 1. The summed E-state index contributed by atoms with van der Waals surface area (Å²) < 4.78 is 5.47. The number of benzene rings is 3. The molecular weight excluding hydrogens is 462 g/mol. The highest BCUT2D eigenvalue weighted by atomic mass is 16.6. The van der Waals surface area contributed by atoms with Crippen molar-refractivity contribution < 1.29 is 24.0 Å². The Bertz CT molecular complexity index is 1420. The second-order valence-electron chi connectivity index (χ2n) is 7.88. The molecule has 0 bridgehead atoms. The Morgan fingerprint density at radius 3 is 2.33 bits per heavy atom. The highest BCUT2D eigenvalue weighted by molar-refractivity contribution is 6.02. The lowest BCUT2D eigenvalue weighted by atomic mass is 9.99. The summed E-state index contributed by atoms with van der Waals surface area (Å²) >= 11 is 0. The molecule has 0 aliphatic rings. The van der Waals surface area contributed by atoms with Crippen molar-refractivity contribution in [1.29, 1.82) is 0 Å². The first-order valence-corrected chi connectivity index (χ1v) is 11.1. The van der Waals surface area contributed by atoms with Gasteiger partial charge in [-0.1, -0.05) is 48.5 Å². The van der Waals surface area contributed by atoms with Crippen molar-refractivity contribution in [1.82, 2.24) is 4.98 Å². The number of rotatable bonds is 9. The van der Waals surface area contributed by atoms with E-state index in [-0.39, 0.29) is 24.1 Å². The number of hydrogen-bond donors (Lipinski definition) is 1. The predicted octanol–water partition coefficient (Wildman–Crippen LogP) is 5.03. The molecule has 0 aliphatic carbocycles. The van der Waals surface area contributed by atoms with Crippen molar-refractivity contribution in [2.45, 2.75) is 18.9 Å². The van der Waals surface area contributed by atoms with Gasteiger partial charge in [-0.25, -0.2) is 0 Å². The molecule has 0 fully saturated rings. The zero-order chi connectivity index (χ0) is 25.5. The SMILES string of the molecule is O=C(CCC(=O)O[C@H](C(=O)c1ccccc1)c1ccc([N+](=O)[O-])cc1)Nc1cccc2cccnc12. The molecule has 0 spiro atoms. The monoisotopic (exact) mass is 483 g/mol. The Morgan fingerprint density at radius 2 is 1.61 bits per heavy atom. The summed E-state index contributed by atoms with van der Waals surface area (Å²) in [4.78, 5) is 52.9. The number of amides is 1. The molecule has 9 nitrogen and oxygen atoms in total. The van der Waals surface area contributed by atoms with Gasteiger partial charge in [0.25, 0.3) is 5.69 Å². The minimum Gasteiger partial charge on any atom is -0.449 e. The smallest absolute Gasteiger partial charge is 0.307 e. The molecule has 0 aliphatic heterocycles. The van der Waals surface area contributed by atoms with E-state index in [0.717, 1.165) is 5.39 Å². The van der Waals surface area contributed by atoms with Crippen LogP contribution in [0.4, 0.5) is 11.4 Å². The van der Waals surface area contributed by atoms with Crippen molar-refractivity contribution in [3.63, 3.8) is 0 Å². The number of esters is 1. The van der Waals surface area contributed by atoms with Gasteiger partial charge in [0.2, 0.25) is 11.7 Å². The van der Waals surface area contributed by atoms with Gasteiger partial charge in [0.05, 0.1) is 22.5 Å². The van der Waals surface area contributed by atoms with E-state index in [9.17, 15) is 24.5 Å². The van der Waals surface area contributed by atoms with Gasteiger partial charge >= 0.3 is 5.97 Å². The Labute approximate surface area is 205 Å². The fourth-order valence-corrected chi connectivity index (χ4v) is 3.62. The quantitative estimate of drug-likeness (QED) is 0.153. The van der Waals surface area contributed by atoms with E-state index in [0.29, 0.717) is 16.8 Å². The lowest BCUT2D eigenvalue weighted by Gasteiger charge is -2.17. The number of ether oxygens (including phenoxy) is 1. The van der Waals surface area contributed by atoms with Gasteiger partial charge < -0.3 is 10.1 Å². The number of nitro groups is 1. The maximum absolute atomic E-state index is 13.1. The molecule has 4 aromatic rings. The van der Waals surface area contributed by atoms with Crippen molar-refractivity contribution in [3.05, 3.63) is 112 Å². The van der Waals surface area contributed by atoms with Crippen LogP contribution in [-0.2, 0) is 14.3 Å². The molecule has 1 heterocycles. The summed E-state index contributed by atoms with van der Waals surface area (Å²) in [6.07, 6.45) is -0.132. The van der Waals surface area contributed by atoms with Crippen molar-refractivity contribution in [2.75, 3.05) is 5.32 Å². The van der Waals surface area contributed by atoms with Crippen LogP contribution in [0.3, 0.4) is 0 Å². The van der Waals surface area contributed by atoms with Gasteiger partial charge in [-0.3, -0.25) is 29.5 Å². The number of carbonyl (C=O) groups is 3. The number of nitrogens with one attached hydrogen (secondary N) is 1. The lowest BCUT2D eigenvalue weighted by Crippen LogP contribution is -2.21. The standard InChI is InChI=1S/C27H21N3O6/c31-23(29-22-10-4-8-18-9-5-17-28-25(18)22)15-16-24(32)36-27(26(33)19-6-2-1-3-7-19)20-11-13-21(14-12-20)30(34)35/h1-14,17,27H,15-16H2,(H,29,31)/t27-/m0/s1. The Morgan fingerprint density at radius 1 is 0.889 bits per heavy atom. The molecule has 0 unspecified atom stereocenters. The first-order valence-electron chi connectivity index (χ1n) is 11.1. The van der Waals surface area contributed by atoms with Crippen LogP contribution >= 0.6 is 0 Å². The number of pyridine rings is 1. The molecule has 9 heteroatoms. The van der Waals surface area contributed by atoms with Crippen LogP contribution in [0.1, 0.15) is 34.9 Å². The average Bonchev–Trinajstić information content (AvgIpc) is 2.91. The predicted molar refractivity (Wildman–Crippen MR) is 132 cm³/mol. The summed E-state index contributed by atoms with van der Waals surface area (Å²) in [7, 11) is 0. The zero-order valence-corrected chi connectivity index (χ0v) is 19.0. The van der Waals surface area contributed by atoms with Gasteiger partial charge in [-0.2, -0.15) is 0 Å². The summed E-state index contributed by atoms with van der Waals surface area (Å²) in [5.41, 5.74) is 1.59. The highest BCUT2D eigenvalue weighted by Crippen LogP contribution is 2.26. The van der Waals surface area contributed by atoms with Crippen LogP contribution in [0.15, 0.2) is 91.1 Å². The van der Waals surface area contributed by atoms with Crippen molar-refractivity contribution in [3.8, 4) is 0 Å². The number of aromatic nitrogens is 1. The van der Waals surface area contributed by atoms with Gasteiger partial charge in [0.1, 0.15) is 0 Å². The highest BCUT2D eigenvalue weighted by Gasteiger charge is 2.27. The molecule has 1 aromatic heterocycles. The van der Waals surface area contributed by atoms with Crippen LogP contribution in [0.2, 0.25) is 0 Å². The van der Waals surface area contributed by atoms with E-state index in [1.807, 2.05) is 12.1 Å². The number of fused-ring (bicyclic) bond motifs is 1. The number of carbonyl (C=O) groups excluding carboxylic acids is 3. The average molecular weight is 483 g/mol. The molecule has 180 valence electrons. The number of Topliss-reactive ketones (excluding diaryl/α,β-unsaturated/α-hetero) is 1. The number of hydrogen-bond acceptors (Lipinski definition) is 7. The molecule has 1 N–H and O–H groups in total. The lowest BCUT2D eigenvalue weighted by molar-refractivity contribution is -0.384. The summed E-state index contributed by atoms with van der Waals surface area (Å²) in [5, 5.41) is 14.6. The van der Waals surface area contributed by atoms with Gasteiger partial charge in [0.15, 0.2) is 6.10 Å². The van der Waals surface area contributed by atoms with E-state index < -0.39 is 28.7 Å². The fraction of sp³-hybridized carbons (Fsp3) is 0.111. The maximum atomic E-state index is 13.1. The van der Waals surface area contributed by atoms with E-state index in [2.05, 4.69) is 10.3 Å². The van der Waals surface area contributed by atoms with Gasteiger partial charge in [-0.15, -0.1) is 0 Å². The first-order chi connectivity index (χ1) is 17.4. The van der Waals surface area contributed by atoms with E-state index in [4.69, 9.17) is 4.74 Å². The van der Waals surface area contributed by atoms with E-state index in [1.165, 1.54) is 24.3 Å². The number of non-ortho nitro benzene ring substituents is 1.